The summed E-state index contributed by atoms with van der Waals surface area (Å²) in [5, 5.41) is 10.7. The fourth-order valence-electron chi connectivity index (χ4n) is 4.89. The maximum atomic E-state index is 10.7. The molecule has 2 aromatic carbocycles. The van der Waals surface area contributed by atoms with Crippen LogP contribution in [-0.4, -0.2) is 67.3 Å². The van der Waals surface area contributed by atoms with Crippen molar-refractivity contribution in [1.82, 2.24) is 9.88 Å². The van der Waals surface area contributed by atoms with Crippen molar-refractivity contribution in [2.45, 2.75) is 18.9 Å². The molecular weight excluding hydrogens is 474 g/mol. The van der Waals surface area contributed by atoms with E-state index in [-0.39, 0.29) is 12.7 Å². The first-order chi connectivity index (χ1) is 18.1. The SMILES string of the molecule is COc1cccc(-c2ccc3c(c2)CCN2C3=CC(OCC3COc4ncccc4O3)=NC2O)c1OC. The van der Waals surface area contributed by atoms with Gasteiger partial charge in [-0.1, -0.05) is 30.3 Å². The maximum Gasteiger partial charge on any atom is 0.257 e. The van der Waals surface area contributed by atoms with Crippen LogP contribution in [0.5, 0.6) is 23.1 Å². The van der Waals surface area contributed by atoms with Crippen LogP contribution in [0.2, 0.25) is 0 Å². The van der Waals surface area contributed by atoms with E-state index in [2.05, 4.69) is 28.2 Å². The Morgan fingerprint density at radius 3 is 2.86 bits per heavy atom. The highest BCUT2D eigenvalue weighted by molar-refractivity contribution is 5.97. The van der Waals surface area contributed by atoms with E-state index in [1.165, 1.54) is 5.56 Å². The number of aliphatic imine (C=N–C) groups is 1. The van der Waals surface area contributed by atoms with E-state index in [1.54, 1.807) is 26.5 Å². The average Bonchev–Trinajstić information content (AvgIpc) is 2.95. The van der Waals surface area contributed by atoms with Crippen molar-refractivity contribution in [2.75, 3.05) is 34.0 Å². The molecule has 4 heterocycles. The summed E-state index contributed by atoms with van der Waals surface area (Å²) in [5.74, 6) is 2.80. The second-order valence-corrected chi connectivity index (χ2v) is 8.87. The quantitative estimate of drug-likeness (QED) is 0.568. The molecule has 0 radical (unpaired) electrons. The lowest BCUT2D eigenvalue weighted by molar-refractivity contribution is 0.0348. The molecule has 0 aliphatic carbocycles. The van der Waals surface area contributed by atoms with E-state index in [1.807, 2.05) is 35.2 Å². The van der Waals surface area contributed by atoms with Gasteiger partial charge >= 0.3 is 0 Å². The molecule has 37 heavy (non-hydrogen) atoms. The molecule has 9 nitrogen and oxygen atoms in total. The van der Waals surface area contributed by atoms with E-state index in [9.17, 15) is 5.11 Å². The zero-order valence-corrected chi connectivity index (χ0v) is 20.6. The first-order valence-electron chi connectivity index (χ1n) is 12.1. The zero-order chi connectivity index (χ0) is 25.4. The Labute approximate surface area is 214 Å². The predicted molar refractivity (Wildman–Crippen MR) is 137 cm³/mol. The first kappa shape index (κ1) is 23.2. The summed E-state index contributed by atoms with van der Waals surface area (Å²) in [6.45, 7) is 1.19. The fraction of sp³-hybridized carbons (Fsp3) is 0.286. The van der Waals surface area contributed by atoms with E-state index in [0.29, 0.717) is 42.2 Å². The van der Waals surface area contributed by atoms with Gasteiger partial charge in [-0.15, -0.1) is 0 Å². The molecule has 3 aliphatic rings. The third-order valence-electron chi connectivity index (χ3n) is 6.66. The van der Waals surface area contributed by atoms with Crippen LogP contribution in [0.1, 0.15) is 11.1 Å². The number of aliphatic hydroxyl groups is 1. The highest BCUT2D eigenvalue weighted by atomic mass is 16.6. The van der Waals surface area contributed by atoms with Crippen LogP contribution in [0.3, 0.4) is 0 Å². The Balaban J connectivity index is 1.23. The van der Waals surface area contributed by atoms with Gasteiger partial charge in [-0.2, -0.15) is 4.99 Å². The lowest BCUT2D eigenvalue weighted by Gasteiger charge is -2.37. The molecule has 6 rings (SSSR count). The molecule has 3 aliphatic heterocycles. The highest BCUT2D eigenvalue weighted by Gasteiger charge is 2.31. The number of pyridine rings is 1. The van der Waals surface area contributed by atoms with E-state index in [0.717, 1.165) is 28.8 Å². The largest absolute Gasteiger partial charge is 0.493 e. The molecule has 2 atom stereocenters. The Bertz CT molecular complexity index is 1390. The Morgan fingerprint density at radius 1 is 1.08 bits per heavy atom. The smallest absolute Gasteiger partial charge is 0.257 e. The number of benzene rings is 2. The van der Waals surface area contributed by atoms with Crippen LogP contribution < -0.4 is 18.9 Å². The summed E-state index contributed by atoms with van der Waals surface area (Å²) in [6.07, 6.45) is 2.97. The van der Waals surface area contributed by atoms with Crippen LogP contribution in [-0.2, 0) is 11.2 Å². The monoisotopic (exact) mass is 501 g/mol. The second-order valence-electron chi connectivity index (χ2n) is 8.87. The molecule has 1 aromatic heterocycles. The van der Waals surface area contributed by atoms with Crippen molar-refractivity contribution in [2.24, 2.45) is 4.99 Å². The van der Waals surface area contributed by atoms with Crippen molar-refractivity contribution in [1.29, 1.82) is 0 Å². The molecule has 9 heteroatoms. The van der Waals surface area contributed by atoms with Crippen molar-refractivity contribution >= 4 is 11.6 Å². The van der Waals surface area contributed by atoms with Gasteiger partial charge in [-0.25, -0.2) is 4.98 Å². The van der Waals surface area contributed by atoms with Gasteiger partial charge in [0.05, 0.1) is 19.9 Å². The topological polar surface area (TPSA) is 94.9 Å². The van der Waals surface area contributed by atoms with Gasteiger partial charge in [0.15, 0.2) is 23.4 Å². The molecule has 2 unspecified atom stereocenters. The summed E-state index contributed by atoms with van der Waals surface area (Å²) in [5.41, 5.74) is 5.07. The molecule has 0 amide bonds. The van der Waals surface area contributed by atoms with Crippen LogP contribution in [0.25, 0.3) is 16.8 Å². The Hall–Kier alpha value is -4.24. The normalized spacial score (nSPS) is 19.7. The standard InChI is InChI=1S/C28H27N3O6/c1-33-23-6-3-5-21(26(23)34-2)17-8-9-20-18(13-17)10-12-31-22(20)14-25(30-28(31)32)35-15-19-16-36-27-24(37-19)7-4-11-29-27/h3-9,11,13-14,19,28,32H,10,12,15-16H2,1-2H3. The van der Waals surface area contributed by atoms with E-state index < -0.39 is 6.35 Å². The summed E-state index contributed by atoms with van der Waals surface area (Å²) in [4.78, 5) is 10.4. The summed E-state index contributed by atoms with van der Waals surface area (Å²) in [6, 6.07) is 15.8. The third-order valence-corrected chi connectivity index (χ3v) is 6.66. The summed E-state index contributed by atoms with van der Waals surface area (Å²) in [7, 11) is 3.28. The average molecular weight is 502 g/mol. The molecule has 1 N–H and O–H groups in total. The number of hydrogen-bond acceptors (Lipinski definition) is 9. The molecule has 0 spiro atoms. The number of para-hydroxylation sites is 1. The second kappa shape index (κ2) is 9.67. The van der Waals surface area contributed by atoms with Gasteiger partial charge in [0.2, 0.25) is 12.2 Å². The Kier molecular flexibility index (Phi) is 6.05. The van der Waals surface area contributed by atoms with Crippen LogP contribution in [0.15, 0.2) is 65.8 Å². The van der Waals surface area contributed by atoms with E-state index in [4.69, 9.17) is 23.7 Å². The van der Waals surface area contributed by atoms with Crippen molar-refractivity contribution in [3.63, 3.8) is 0 Å². The first-order valence-corrected chi connectivity index (χ1v) is 12.1. The minimum absolute atomic E-state index is 0.227. The number of nitrogens with zero attached hydrogens (tertiary/aromatic N) is 3. The molecule has 0 bridgehead atoms. The Morgan fingerprint density at radius 2 is 2.00 bits per heavy atom. The van der Waals surface area contributed by atoms with Crippen molar-refractivity contribution < 1.29 is 28.8 Å². The van der Waals surface area contributed by atoms with E-state index >= 15 is 0 Å². The van der Waals surface area contributed by atoms with Gasteiger partial charge in [-0.05, 0) is 35.7 Å². The molecule has 0 fully saturated rings. The fourth-order valence-corrected chi connectivity index (χ4v) is 4.89. The van der Waals surface area contributed by atoms with Gasteiger partial charge in [-0.3, -0.25) is 0 Å². The van der Waals surface area contributed by atoms with Crippen LogP contribution in [0, 0.1) is 0 Å². The molecule has 0 saturated carbocycles. The van der Waals surface area contributed by atoms with Gasteiger partial charge in [0.1, 0.15) is 13.2 Å². The third kappa shape index (κ3) is 4.31. The summed E-state index contributed by atoms with van der Waals surface area (Å²) >= 11 is 0. The number of methoxy groups -OCH3 is 2. The van der Waals surface area contributed by atoms with Crippen LogP contribution >= 0.6 is 0 Å². The van der Waals surface area contributed by atoms with Crippen LogP contribution in [0.4, 0.5) is 0 Å². The minimum atomic E-state index is -1.02. The highest BCUT2D eigenvalue weighted by Crippen LogP contribution is 2.40. The number of ether oxygens (including phenoxy) is 5. The maximum absolute atomic E-state index is 10.7. The van der Waals surface area contributed by atoms with Gasteiger partial charge < -0.3 is 33.7 Å². The molecule has 0 saturated heterocycles. The van der Waals surface area contributed by atoms with Gasteiger partial charge in [0.25, 0.3) is 5.88 Å². The minimum Gasteiger partial charge on any atom is -0.493 e. The zero-order valence-electron chi connectivity index (χ0n) is 20.6. The molecule has 3 aromatic rings. The number of aromatic nitrogens is 1. The number of hydrogen-bond donors (Lipinski definition) is 1. The lowest BCUT2D eigenvalue weighted by Crippen LogP contribution is -2.41. The number of fused-ring (bicyclic) bond motifs is 4. The van der Waals surface area contributed by atoms with Crippen molar-refractivity contribution in [3.05, 3.63) is 71.9 Å². The summed E-state index contributed by atoms with van der Waals surface area (Å²) < 4.78 is 28.7. The molecule has 190 valence electrons. The molecular formula is C28H27N3O6. The lowest BCUT2D eigenvalue weighted by atomic mass is 9.91. The number of rotatable bonds is 5. The van der Waals surface area contributed by atoms with Gasteiger partial charge in [0, 0.05) is 29.9 Å². The number of aliphatic hydroxyl groups excluding tert-OH is 1. The van der Waals surface area contributed by atoms with Crippen molar-refractivity contribution in [3.8, 4) is 34.3 Å². The predicted octanol–water partition coefficient (Wildman–Crippen LogP) is 3.51.